The monoisotopic (exact) mass is 311 g/mol. The molecule has 0 aromatic carbocycles. The standard InChI is InChI=1S/C17H33N3O2/c1-17(2,3)22-16(21)20-14-9-7-13(8-10-14)19-15-6-4-5-12(18)11-15/h12-15,19H,4-11,18H2,1-3H3,(H,20,21). The van der Waals surface area contributed by atoms with Gasteiger partial charge in [-0.15, -0.1) is 0 Å². The Kier molecular flexibility index (Phi) is 6.09. The Morgan fingerprint density at radius 1 is 1.00 bits per heavy atom. The fourth-order valence-corrected chi connectivity index (χ4v) is 3.59. The van der Waals surface area contributed by atoms with Crippen LogP contribution in [0, 0.1) is 0 Å². The van der Waals surface area contributed by atoms with Crippen molar-refractivity contribution in [2.45, 2.75) is 102 Å². The number of nitrogens with two attached hydrogens (primary N) is 1. The first-order chi connectivity index (χ1) is 10.3. The van der Waals surface area contributed by atoms with Crippen LogP contribution >= 0.6 is 0 Å². The first-order valence-corrected chi connectivity index (χ1v) is 8.83. The number of ether oxygens (including phenoxy) is 1. The third-order valence-electron chi connectivity index (χ3n) is 4.63. The first-order valence-electron chi connectivity index (χ1n) is 8.83. The van der Waals surface area contributed by atoms with Crippen LogP contribution in [0.4, 0.5) is 4.79 Å². The van der Waals surface area contributed by atoms with E-state index in [1.165, 1.54) is 19.3 Å². The van der Waals surface area contributed by atoms with E-state index >= 15 is 0 Å². The summed E-state index contributed by atoms with van der Waals surface area (Å²) in [5.41, 5.74) is 5.63. The molecular weight excluding hydrogens is 278 g/mol. The molecule has 1 amide bonds. The molecular formula is C17H33N3O2. The highest BCUT2D eigenvalue weighted by atomic mass is 16.6. The molecule has 128 valence electrons. The van der Waals surface area contributed by atoms with Crippen molar-refractivity contribution in [1.29, 1.82) is 0 Å². The first kappa shape index (κ1) is 17.5. The van der Waals surface area contributed by atoms with E-state index in [1.54, 1.807) is 0 Å². The highest BCUT2D eigenvalue weighted by Crippen LogP contribution is 2.23. The summed E-state index contributed by atoms with van der Waals surface area (Å²) in [7, 11) is 0. The second kappa shape index (κ2) is 7.64. The quantitative estimate of drug-likeness (QED) is 0.749. The van der Waals surface area contributed by atoms with Gasteiger partial charge < -0.3 is 21.1 Å². The number of carbonyl (C=O) groups excluding carboxylic acids is 1. The van der Waals surface area contributed by atoms with Crippen molar-refractivity contribution >= 4 is 6.09 Å². The summed E-state index contributed by atoms with van der Waals surface area (Å²) in [4.78, 5) is 11.8. The minimum Gasteiger partial charge on any atom is -0.444 e. The largest absolute Gasteiger partial charge is 0.444 e. The molecule has 0 aliphatic heterocycles. The maximum absolute atomic E-state index is 11.8. The maximum atomic E-state index is 11.8. The van der Waals surface area contributed by atoms with Crippen LogP contribution < -0.4 is 16.4 Å². The van der Waals surface area contributed by atoms with Gasteiger partial charge in [-0.3, -0.25) is 0 Å². The van der Waals surface area contributed by atoms with Gasteiger partial charge in [0.2, 0.25) is 0 Å². The Morgan fingerprint density at radius 3 is 2.23 bits per heavy atom. The fourth-order valence-electron chi connectivity index (χ4n) is 3.59. The van der Waals surface area contributed by atoms with Crippen molar-refractivity contribution in [1.82, 2.24) is 10.6 Å². The Hall–Kier alpha value is -0.810. The minimum absolute atomic E-state index is 0.251. The molecule has 2 saturated carbocycles. The van der Waals surface area contributed by atoms with Crippen molar-refractivity contribution in [3.05, 3.63) is 0 Å². The zero-order chi connectivity index (χ0) is 16.2. The molecule has 0 saturated heterocycles. The Labute approximate surface area is 134 Å². The van der Waals surface area contributed by atoms with Crippen molar-refractivity contribution in [2.24, 2.45) is 5.73 Å². The van der Waals surface area contributed by atoms with E-state index in [4.69, 9.17) is 10.5 Å². The van der Waals surface area contributed by atoms with Crippen molar-refractivity contribution in [3.8, 4) is 0 Å². The number of carbonyl (C=O) groups is 1. The van der Waals surface area contributed by atoms with Crippen molar-refractivity contribution < 1.29 is 9.53 Å². The molecule has 2 rings (SSSR count). The highest BCUT2D eigenvalue weighted by molar-refractivity contribution is 5.68. The topological polar surface area (TPSA) is 76.4 Å². The van der Waals surface area contributed by atoms with Gasteiger partial charge in [0.05, 0.1) is 0 Å². The fraction of sp³-hybridized carbons (Fsp3) is 0.941. The molecule has 2 atom stereocenters. The van der Waals surface area contributed by atoms with Crippen LogP contribution in [0.1, 0.15) is 72.1 Å². The summed E-state index contributed by atoms with van der Waals surface area (Å²) >= 11 is 0. The lowest BCUT2D eigenvalue weighted by Gasteiger charge is -2.35. The van der Waals surface area contributed by atoms with E-state index < -0.39 is 5.60 Å². The molecule has 5 heteroatoms. The Balaban J connectivity index is 1.66. The van der Waals surface area contributed by atoms with Gasteiger partial charge in [-0.05, 0) is 65.7 Å². The average molecular weight is 311 g/mol. The molecule has 2 aliphatic carbocycles. The summed E-state index contributed by atoms with van der Waals surface area (Å²) in [6, 6.07) is 1.79. The van der Waals surface area contributed by atoms with Gasteiger partial charge in [0, 0.05) is 24.2 Å². The van der Waals surface area contributed by atoms with Crippen LogP contribution in [-0.4, -0.2) is 35.9 Å². The summed E-state index contributed by atoms with van der Waals surface area (Å²) < 4.78 is 5.32. The SMILES string of the molecule is CC(C)(C)OC(=O)NC1CCC(NC2CCCC(N)C2)CC1. The summed E-state index contributed by atoms with van der Waals surface area (Å²) in [5, 5.41) is 6.77. The number of amides is 1. The number of rotatable bonds is 3. The molecule has 0 heterocycles. The zero-order valence-electron chi connectivity index (χ0n) is 14.4. The lowest BCUT2D eigenvalue weighted by Crippen LogP contribution is -2.48. The minimum atomic E-state index is -0.428. The molecule has 0 aromatic rings. The average Bonchev–Trinajstić information content (AvgIpc) is 2.39. The second-order valence-corrected chi connectivity index (χ2v) is 7.99. The molecule has 0 aromatic heterocycles. The molecule has 0 bridgehead atoms. The highest BCUT2D eigenvalue weighted by Gasteiger charge is 2.27. The second-order valence-electron chi connectivity index (χ2n) is 7.99. The number of alkyl carbamates (subject to hydrolysis) is 1. The predicted octanol–water partition coefficient (Wildman–Crippen LogP) is 2.68. The molecule has 4 N–H and O–H groups in total. The molecule has 22 heavy (non-hydrogen) atoms. The van der Waals surface area contributed by atoms with E-state index in [0.717, 1.165) is 32.1 Å². The summed E-state index contributed by atoms with van der Waals surface area (Å²) in [5.74, 6) is 0. The van der Waals surface area contributed by atoms with Crippen LogP contribution in [0.15, 0.2) is 0 Å². The Bertz CT molecular complexity index is 359. The van der Waals surface area contributed by atoms with E-state index in [2.05, 4.69) is 10.6 Å². The van der Waals surface area contributed by atoms with Crippen LogP contribution in [-0.2, 0) is 4.74 Å². The van der Waals surface area contributed by atoms with E-state index in [1.807, 2.05) is 20.8 Å². The number of hydrogen-bond donors (Lipinski definition) is 3. The molecule has 2 aliphatic rings. The van der Waals surface area contributed by atoms with Gasteiger partial charge >= 0.3 is 6.09 Å². The maximum Gasteiger partial charge on any atom is 0.407 e. The van der Waals surface area contributed by atoms with Gasteiger partial charge in [-0.1, -0.05) is 6.42 Å². The van der Waals surface area contributed by atoms with Crippen LogP contribution in [0.25, 0.3) is 0 Å². The van der Waals surface area contributed by atoms with Gasteiger partial charge in [-0.2, -0.15) is 0 Å². The lowest BCUT2D eigenvalue weighted by atomic mass is 9.87. The normalized spacial score (nSPS) is 33.3. The van der Waals surface area contributed by atoms with Gasteiger partial charge in [0.25, 0.3) is 0 Å². The lowest BCUT2D eigenvalue weighted by molar-refractivity contribution is 0.0488. The summed E-state index contributed by atoms with van der Waals surface area (Å²) in [6.07, 6.45) is 8.77. The van der Waals surface area contributed by atoms with Crippen molar-refractivity contribution in [3.63, 3.8) is 0 Å². The van der Waals surface area contributed by atoms with Gasteiger partial charge in [0.1, 0.15) is 5.60 Å². The van der Waals surface area contributed by atoms with E-state index in [-0.39, 0.29) is 12.1 Å². The smallest absolute Gasteiger partial charge is 0.407 e. The molecule has 2 fully saturated rings. The third kappa shape index (κ3) is 6.13. The number of nitrogens with one attached hydrogen (secondary N) is 2. The third-order valence-corrected chi connectivity index (χ3v) is 4.63. The van der Waals surface area contributed by atoms with E-state index in [9.17, 15) is 4.79 Å². The van der Waals surface area contributed by atoms with E-state index in [0.29, 0.717) is 18.1 Å². The molecule has 0 spiro atoms. The van der Waals surface area contributed by atoms with Gasteiger partial charge in [-0.25, -0.2) is 4.79 Å². The van der Waals surface area contributed by atoms with Crippen LogP contribution in [0.3, 0.4) is 0 Å². The molecule has 2 unspecified atom stereocenters. The molecule has 5 nitrogen and oxygen atoms in total. The Morgan fingerprint density at radius 2 is 1.64 bits per heavy atom. The van der Waals surface area contributed by atoms with Crippen LogP contribution in [0.5, 0.6) is 0 Å². The number of hydrogen-bond acceptors (Lipinski definition) is 4. The zero-order valence-corrected chi connectivity index (χ0v) is 14.4. The molecule has 0 radical (unpaired) electrons. The van der Waals surface area contributed by atoms with Gasteiger partial charge in [0.15, 0.2) is 0 Å². The predicted molar refractivity (Wildman–Crippen MR) is 88.8 cm³/mol. The van der Waals surface area contributed by atoms with Crippen molar-refractivity contribution in [2.75, 3.05) is 0 Å². The van der Waals surface area contributed by atoms with Crippen LogP contribution in [0.2, 0.25) is 0 Å². The summed E-state index contributed by atoms with van der Waals surface area (Å²) in [6.45, 7) is 5.67.